The van der Waals surface area contributed by atoms with E-state index < -0.39 is 5.82 Å². The molecule has 64 valence electrons. The van der Waals surface area contributed by atoms with Gasteiger partial charge in [0.05, 0.1) is 13.3 Å². The molecule has 1 rings (SSSR count). The number of rotatable bonds is 2. The number of nitrogens with two attached hydrogens (primary N) is 1. The number of pyridine rings is 1. The van der Waals surface area contributed by atoms with Crippen LogP contribution in [-0.2, 0) is 0 Å². The fourth-order valence-corrected chi connectivity index (χ4v) is 0.779. The Kier molecular flexibility index (Phi) is 2.23. The summed E-state index contributed by atoms with van der Waals surface area (Å²) < 4.78 is 17.3. The van der Waals surface area contributed by atoms with Crippen molar-refractivity contribution in [2.24, 2.45) is 5.73 Å². The molecular formula is C7H8FN3O. The SMILES string of the molecule is COc1cc(F)cnc1C(=N)N. The number of nitrogens with zero attached hydrogens (tertiary/aromatic N) is 1. The van der Waals surface area contributed by atoms with Gasteiger partial charge < -0.3 is 10.5 Å². The van der Waals surface area contributed by atoms with Gasteiger partial charge in [0.15, 0.2) is 5.75 Å². The van der Waals surface area contributed by atoms with Gasteiger partial charge in [-0.15, -0.1) is 0 Å². The topological polar surface area (TPSA) is 72.0 Å². The predicted molar refractivity (Wildman–Crippen MR) is 41.8 cm³/mol. The normalized spacial score (nSPS) is 9.50. The fraction of sp³-hybridized carbons (Fsp3) is 0.143. The van der Waals surface area contributed by atoms with Crippen LogP contribution < -0.4 is 10.5 Å². The molecule has 0 amide bonds. The van der Waals surface area contributed by atoms with Gasteiger partial charge in [-0.2, -0.15) is 0 Å². The van der Waals surface area contributed by atoms with E-state index in [1.54, 1.807) is 0 Å². The molecule has 5 heteroatoms. The molecule has 0 unspecified atom stereocenters. The Hall–Kier alpha value is -1.65. The highest BCUT2D eigenvalue weighted by molar-refractivity contribution is 5.95. The Morgan fingerprint density at radius 2 is 2.42 bits per heavy atom. The van der Waals surface area contributed by atoms with E-state index in [-0.39, 0.29) is 17.3 Å². The smallest absolute Gasteiger partial charge is 0.151 e. The molecule has 1 aromatic rings. The van der Waals surface area contributed by atoms with Crippen molar-refractivity contribution in [3.05, 3.63) is 23.8 Å². The lowest BCUT2D eigenvalue weighted by Gasteiger charge is -2.04. The summed E-state index contributed by atoms with van der Waals surface area (Å²) in [7, 11) is 1.36. The summed E-state index contributed by atoms with van der Waals surface area (Å²) in [5, 5.41) is 7.06. The van der Waals surface area contributed by atoms with Gasteiger partial charge in [0, 0.05) is 6.07 Å². The Balaban J connectivity index is 3.20. The number of nitrogen functional groups attached to an aromatic ring is 1. The molecule has 0 saturated heterocycles. The maximum atomic E-state index is 12.5. The molecular weight excluding hydrogens is 161 g/mol. The molecule has 1 aromatic heterocycles. The fourth-order valence-electron chi connectivity index (χ4n) is 0.779. The summed E-state index contributed by atoms with van der Waals surface area (Å²) in [6.45, 7) is 0. The highest BCUT2D eigenvalue weighted by Gasteiger charge is 2.07. The molecule has 0 aliphatic heterocycles. The lowest BCUT2D eigenvalue weighted by Crippen LogP contribution is -2.14. The first kappa shape index (κ1) is 8.45. The minimum absolute atomic E-state index is 0.152. The third-order valence-electron chi connectivity index (χ3n) is 1.29. The number of hydrogen-bond acceptors (Lipinski definition) is 3. The number of ether oxygens (including phenoxy) is 1. The van der Waals surface area contributed by atoms with Crippen LogP contribution in [-0.4, -0.2) is 17.9 Å². The van der Waals surface area contributed by atoms with Crippen LogP contribution >= 0.6 is 0 Å². The first-order valence-corrected chi connectivity index (χ1v) is 3.19. The number of amidine groups is 1. The van der Waals surface area contributed by atoms with Crippen LogP contribution in [0.15, 0.2) is 12.3 Å². The molecule has 4 nitrogen and oxygen atoms in total. The Morgan fingerprint density at radius 1 is 1.75 bits per heavy atom. The molecule has 12 heavy (non-hydrogen) atoms. The van der Waals surface area contributed by atoms with Crippen LogP contribution in [0.2, 0.25) is 0 Å². The third kappa shape index (κ3) is 1.50. The molecule has 0 aliphatic carbocycles. The minimum atomic E-state index is -0.517. The van der Waals surface area contributed by atoms with Crippen molar-refractivity contribution in [2.45, 2.75) is 0 Å². The van der Waals surface area contributed by atoms with Gasteiger partial charge >= 0.3 is 0 Å². The number of aromatic nitrogens is 1. The highest BCUT2D eigenvalue weighted by atomic mass is 19.1. The van der Waals surface area contributed by atoms with Crippen LogP contribution in [0.5, 0.6) is 5.75 Å². The van der Waals surface area contributed by atoms with Gasteiger partial charge in [0.2, 0.25) is 0 Å². The molecule has 0 fully saturated rings. The van der Waals surface area contributed by atoms with Crippen molar-refractivity contribution in [3.8, 4) is 5.75 Å². The number of halogens is 1. The second kappa shape index (κ2) is 3.17. The quantitative estimate of drug-likeness (QED) is 0.500. The molecule has 0 saturated carbocycles. The summed E-state index contributed by atoms with van der Waals surface area (Å²) in [6.07, 6.45) is 0.985. The molecule has 0 radical (unpaired) electrons. The first-order valence-electron chi connectivity index (χ1n) is 3.19. The highest BCUT2D eigenvalue weighted by Crippen LogP contribution is 2.15. The second-order valence-electron chi connectivity index (χ2n) is 2.12. The lowest BCUT2D eigenvalue weighted by atomic mass is 10.3. The van der Waals surface area contributed by atoms with E-state index in [1.165, 1.54) is 7.11 Å². The first-order chi connectivity index (χ1) is 5.65. The Bertz CT molecular complexity index is 314. The van der Waals surface area contributed by atoms with Crippen molar-refractivity contribution in [3.63, 3.8) is 0 Å². The molecule has 0 spiro atoms. The summed E-state index contributed by atoms with van der Waals surface area (Å²) >= 11 is 0. The third-order valence-corrected chi connectivity index (χ3v) is 1.29. The van der Waals surface area contributed by atoms with Gasteiger partial charge in [-0.05, 0) is 0 Å². The van der Waals surface area contributed by atoms with Crippen molar-refractivity contribution in [2.75, 3.05) is 7.11 Å². The van der Waals surface area contributed by atoms with E-state index in [2.05, 4.69) is 4.98 Å². The summed E-state index contributed by atoms with van der Waals surface area (Å²) in [4.78, 5) is 3.60. The lowest BCUT2D eigenvalue weighted by molar-refractivity contribution is 0.407. The number of hydrogen-bond donors (Lipinski definition) is 2. The second-order valence-corrected chi connectivity index (χ2v) is 2.12. The van der Waals surface area contributed by atoms with E-state index in [1.807, 2.05) is 0 Å². The van der Waals surface area contributed by atoms with Crippen LogP contribution in [0.1, 0.15) is 5.69 Å². The van der Waals surface area contributed by atoms with Crippen molar-refractivity contribution in [1.82, 2.24) is 4.98 Å². The number of nitrogens with one attached hydrogen (secondary N) is 1. The standard InChI is InChI=1S/C7H8FN3O/c1-12-5-2-4(8)3-11-6(5)7(9)10/h2-3H,1H3,(H3,9,10). The Labute approximate surface area is 68.7 Å². The van der Waals surface area contributed by atoms with Gasteiger partial charge in [0.1, 0.15) is 17.3 Å². The predicted octanol–water partition coefficient (Wildman–Crippen LogP) is 0.513. The maximum Gasteiger partial charge on any atom is 0.151 e. The molecule has 1 heterocycles. The Morgan fingerprint density at radius 3 is 2.92 bits per heavy atom. The summed E-state index contributed by atoms with van der Waals surface area (Å²) in [5.41, 5.74) is 5.31. The number of methoxy groups -OCH3 is 1. The van der Waals surface area contributed by atoms with Gasteiger partial charge in [-0.25, -0.2) is 9.37 Å². The van der Waals surface area contributed by atoms with Crippen LogP contribution in [0.25, 0.3) is 0 Å². The van der Waals surface area contributed by atoms with Crippen LogP contribution in [0.4, 0.5) is 4.39 Å². The van der Waals surface area contributed by atoms with Crippen molar-refractivity contribution < 1.29 is 9.13 Å². The van der Waals surface area contributed by atoms with E-state index >= 15 is 0 Å². The van der Waals surface area contributed by atoms with Gasteiger partial charge in [0.25, 0.3) is 0 Å². The average Bonchev–Trinajstić information content (AvgIpc) is 2.03. The van der Waals surface area contributed by atoms with Gasteiger partial charge in [-0.3, -0.25) is 5.41 Å². The zero-order valence-electron chi connectivity index (χ0n) is 6.47. The minimum Gasteiger partial charge on any atom is -0.494 e. The monoisotopic (exact) mass is 169 g/mol. The van der Waals surface area contributed by atoms with Gasteiger partial charge in [-0.1, -0.05) is 0 Å². The zero-order chi connectivity index (χ0) is 9.14. The van der Waals surface area contributed by atoms with E-state index in [0.717, 1.165) is 12.3 Å². The molecule has 0 aliphatic rings. The van der Waals surface area contributed by atoms with E-state index in [9.17, 15) is 4.39 Å². The summed E-state index contributed by atoms with van der Waals surface area (Å²) in [5.74, 6) is -0.591. The van der Waals surface area contributed by atoms with Crippen LogP contribution in [0, 0.1) is 11.2 Å². The molecule has 0 aromatic carbocycles. The summed E-state index contributed by atoms with van der Waals surface area (Å²) in [6, 6.07) is 1.13. The molecule has 0 bridgehead atoms. The largest absolute Gasteiger partial charge is 0.494 e. The maximum absolute atomic E-state index is 12.5. The van der Waals surface area contributed by atoms with Crippen LogP contribution in [0.3, 0.4) is 0 Å². The van der Waals surface area contributed by atoms with E-state index in [4.69, 9.17) is 15.9 Å². The molecule has 0 atom stereocenters. The van der Waals surface area contributed by atoms with Crippen molar-refractivity contribution in [1.29, 1.82) is 5.41 Å². The van der Waals surface area contributed by atoms with E-state index in [0.29, 0.717) is 0 Å². The van der Waals surface area contributed by atoms with Crippen molar-refractivity contribution >= 4 is 5.84 Å². The average molecular weight is 169 g/mol. The zero-order valence-corrected chi connectivity index (χ0v) is 6.47. The molecule has 3 N–H and O–H groups in total.